The molecular weight excluding hydrogens is 236 g/mol. The smallest absolute Gasteiger partial charge is 0.188 e. The molecule has 1 aliphatic heterocycles. The molecule has 0 saturated carbocycles. The van der Waals surface area contributed by atoms with Gasteiger partial charge < -0.3 is 11.1 Å². The molecule has 0 aliphatic carbocycles. The molecule has 2 rings (SSSR count). The number of likely N-dealkylation sites (tertiary alicyclic amines) is 1. The SMILES string of the molecule is CCN1CCCC1CNC(N)=NCc1ccccc1. The number of nitrogens with zero attached hydrogens (tertiary/aromatic N) is 2. The summed E-state index contributed by atoms with van der Waals surface area (Å²) >= 11 is 0. The first-order chi connectivity index (χ1) is 9.29. The molecule has 19 heavy (non-hydrogen) atoms. The van der Waals surface area contributed by atoms with E-state index in [4.69, 9.17) is 5.73 Å². The van der Waals surface area contributed by atoms with Gasteiger partial charge >= 0.3 is 0 Å². The van der Waals surface area contributed by atoms with Crippen LogP contribution in [-0.4, -0.2) is 36.5 Å². The van der Waals surface area contributed by atoms with Gasteiger partial charge in [0.1, 0.15) is 0 Å². The average molecular weight is 260 g/mol. The summed E-state index contributed by atoms with van der Waals surface area (Å²) in [5.41, 5.74) is 7.09. The number of nitrogens with two attached hydrogens (primary N) is 1. The van der Waals surface area contributed by atoms with Gasteiger partial charge in [0.05, 0.1) is 6.54 Å². The van der Waals surface area contributed by atoms with E-state index in [2.05, 4.69) is 34.3 Å². The number of guanidine groups is 1. The quantitative estimate of drug-likeness (QED) is 0.624. The highest BCUT2D eigenvalue weighted by Gasteiger charge is 2.22. The molecule has 1 fully saturated rings. The Bertz CT molecular complexity index is 402. The highest BCUT2D eigenvalue weighted by Crippen LogP contribution is 2.15. The summed E-state index contributed by atoms with van der Waals surface area (Å²) in [6, 6.07) is 10.8. The van der Waals surface area contributed by atoms with Crippen LogP contribution in [0.3, 0.4) is 0 Å². The molecule has 1 heterocycles. The van der Waals surface area contributed by atoms with Crippen molar-refractivity contribution in [3.8, 4) is 0 Å². The Morgan fingerprint density at radius 3 is 2.95 bits per heavy atom. The summed E-state index contributed by atoms with van der Waals surface area (Å²) < 4.78 is 0. The normalized spacial score (nSPS) is 20.7. The van der Waals surface area contributed by atoms with Gasteiger partial charge in [0, 0.05) is 12.6 Å². The van der Waals surface area contributed by atoms with Gasteiger partial charge in [-0.2, -0.15) is 0 Å². The molecule has 0 amide bonds. The minimum atomic E-state index is 0.548. The van der Waals surface area contributed by atoms with Crippen molar-refractivity contribution in [3.05, 3.63) is 35.9 Å². The number of benzene rings is 1. The molecule has 1 atom stereocenters. The van der Waals surface area contributed by atoms with E-state index >= 15 is 0 Å². The minimum Gasteiger partial charge on any atom is -0.370 e. The van der Waals surface area contributed by atoms with E-state index in [9.17, 15) is 0 Å². The van der Waals surface area contributed by atoms with Gasteiger partial charge in [-0.25, -0.2) is 4.99 Å². The van der Waals surface area contributed by atoms with Crippen LogP contribution in [-0.2, 0) is 6.54 Å². The van der Waals surface area contributed by atoms with Crippen molar-refractivity contribution >= 4 is 5.96 Å². The molecule has 0 spiro atoms. The molecule has 0 bridgehead atoms. The van der Waals surface area contributed by atoms with Crippen molar-refractivity contribution < 1.29 is 0 Å². The lowest BCUT2D eigenvalue weighted by atomic mass is 10.2. The summed E-state index contributed by atoms with van der Waals surface area (Å²) in [6.45, 7) is 6.09. The second-order valence-electron chi connectivity index (χ2n) is 4.99. The van der Waals surface area contributed by atoms with E-state index in [1.54, 1.807) is 0 Å². The Morgan fingerprint density at radius 2 is 2.21 bits per heavy atom. The predicted octanol–water partition coefficient (Wildman–Crippen LogP) is 1.58. The first-order valence-electron chi connectivity index (χ1n) is 7.11. The summed E-state index contributed by atoms with van der Waals surface area (Å²) in [6.07, 6.45) is 2.55. The van der Waals surface area contributed by atoms with Crippen molar-refractivity contribution in [2.24, 2.45) is 10.7 Å². The fraction of sp³-hybridized carbons (Fsp3) is 0.533. The Morgan fingerprint density at radius 1 is 1.42 bits per heavy atom. The van der Waals surface area contributed by atoms with E-state index in [0.717, 1.165) is 13.1 Å². The predicted molar refractivity (Wildman–Crippen MR) is 80.0 cm³/mol. The lowest BCUT2D eigenvalue weighted by Gasteiger charge is -2.23. The first kappa shape index (κ1) is 13.9. The molecule has 0 aromatic heterocycles. The highest BCUT2D eigenvalue weighted by molar-refractivity contribution is 5.77. The number of nitrogens with one attached hydrogen (secondary N) is 1. The minimum absolute atomic E-state index is 0.548. The molecule has 1 unspecified atom stereocenters. The van der Waals surface area contributed by atoms with Crippen LogP contribution in [0.5, 0.6) is 0 Å². The zero-order valence-corrected chi connectivity index (χ0v) is 11.7. The summed E-state index contributed by atoms with van der Waals surface area (Å²) in [5, 5.41) is 3.25. The van der Waals surface area contributed by atoms with Crippen LogP contribution < -0.4 is 11.1 Å². The van der Waals surface area contributed by atoms with Crippen LogP contribution in [0.1, 0.15) is 25.3 Å². The van der Waals surface area contributed by atoms with Crippen LogP contribution in [0, 0.1) is 0 Å². The third-order valence-electron chi connectivity index (χ3n) is 3.70. The number of aliphatic imine (C=N–C) groups is 1. The molecule has 4 nitrogen and oxygen atoms in total. The Kier molecular flexibility index (Phi) is 5.21. The van der Waals surface area contributed by atoms with Crippen LogP contribution in [0.2, 0.25) is 0 Å². The summed E-state index contributed by atoms with van der Waals surface area (Å²) in [7, 11) is 0. The lowest BCUT2D eigenvalue weighted by molar-refractivity contribution is 0.267. The van der Waals surface area contributed by atoms with Gasteiger partial charge in [-0.15, -0.1) is 0 Å². The lowest BCUT2D eigenvalue weighted by Crippen LogP contribution is -2.42. The third kappa shape index (κ3) is 4.24. The monoisotopic (exact) mass is 260 g/mol. The van der Waals surface area contributed by atoms with Gasteiger partial charge in [-0.05, 0) is 31.5 Å². The Balaban J connectivity index is 1.76. The van der Waals surface area contributed by atoms with E-state index in [1.165, 1.54) is 24.9 Å². The van der Waals surface area contributed by atoms with Crippen LogP contribution in [0.15, 0.2) is 35.3 Å². The molecule has 4 heteroatoms. The molecule has 1 aromatic carbocycles. The van der Waals surface area contributed by atoms with Crippen LogP contribution in [0.25, 0.3) is 0 Å². The second-order valence-corrected chi connectivity index (χ2v) is 4.99. The summed E-state index contributed by atoms with van der Waals surface area (Å²) in [5.74, 6) is 0.548. The maximum Gasteiger partial charge on any atom is 0.188 e. The van der Waals surface area contributed by atoms with Crippen LogP contribution in [0.4, 0.5) is 0 Å². The van der Waals surface area contributed by atoms with E-state index in [-0.39, 0.29) is 0 Å². The van der Waals surface area contributed by atoms with E-state index in [0.29, 0.717) is 18.5 Å². The molecular formula is C15H24N4. The van der Waals surface area contributed by atoms with E-state index < -0.39 is 0 Å². The zero-order chi connectivity index (χ0) is 13.5. The fourth-order valence-electron chi connectivity index (χ4n) is 2.58. The van der Waals surface area contributed by atoms with Crippen LogP contribution >= 0.6 is 0 Å². The summed E-state index contributed by atoms with van der Waals surface area (Å²) in [4.78, 5) is 6.87. The van der Waals surface area contributed by atoms with Crippen molar-refractivity contribution in [2.75, 3.05) is 19.6 Å². The average Bonchev–Trinajstić information content (AvgIpc) is 2.91. The standard InChI is InChI=1S/C15H24N4/c1-2-19-10-6-9-14(19)12-18-15(16)17-11-13-7-4-3-5-8-13/h3-5,7-8,14H,2,6,9-12H2,1H3,(H3,16,17,18). The Hall–Kier alpha value is -1.55. The molecule has 3 N–H and O–H groups in total. The van der Waals surface area contributed by atoms with Gasteiger partial charge in [-0.3, -0.25) is 4.90 Å². The molecule has 1 aromatic rings. The van der Waals surface area contributed by atoms with Crippen molar-refractivity contribution in [3.63, 3.8) is 0 Å². The maximum atomic E-state index is 5.91. The Labute approximate surface area is 115 Å². The number of likely N-dealkylation sites (N-methyl/N-ethyl adjacent to an activating group) is 1. The van der Waals surface area contributed by atoms with Gasteiger partial charge in [0.15, 0.2) is 5.96 Å². The number of hydrogen-bond acceptors (Lipinski definition) is 2. The number of rotatable bonds is 5. The van der Waals surface area contributed by atoms with Crippen molar-refractivity contribution in [1.29, 1.82) is 0 Å². The fourth-order valence-corrected chi connectivity index (χ4v) is 2.58. The van der Waals surface area contributed by atoms with Gasteiger partial charge in [-0.1, -0.05) is 37.3 Å². The largest absolute Gasteiger partial charge is 0.370 e. The molecule has 1 aliphatic rings. The third-order valence-corrected chi connectivity index (χ3v) is 3.70. The first-order valence-corrected chi connectivity index (χ1v) is 7.11. The molecule has 1 saturated heterocycles. The maximum absolute atomic E-state index is 5.91. The topological polar surface area (TPSA) is 53.6 Å². The van der Waals surface area contributed by atoms with Crippen molar-refractivity contribution in [2.45, 2.75) is 32.4 Å². The van der Waals surface area contributed by atoms with Gasteiger partial charge in [0.25, 0.3) is 0 Å². The van der Waals surface area contributed by atoms with Gasteiger partial charge in [0.2, 0.25) is 0 Å². The van der Waals surface area contributed by atoms with Crippen molar-refractivity contribution in [1.82, 2.24) is 10.2 Å². The number of hydrogen-bond donors (Lipinski definition) is 2. The molecule has 104 valence electrons. The second kappa shape index (κ2) is 7.14. The molecule has 0 radical (unpaired) electrons. The van der Waals surface area contributed by atoms with E-state index in [1.807, 2.05) is 18.2 Å². The highest BCUT2D eigenvalue weighted by atomic mass is 15.2. The zero-order valence-electron chi connectivity index (χ0n) is 11.7.